The molecule has 0 N–H and O–H groups in total. The smallest absolute Gasteiger partial charge is 0.244 e. The summed E-state index contributed by atoms with van der Waals surface area (Å²) in [5.74, 6) is 0. The van der Waals surface area contributed by atoms with E-state index in [-0.39, 0.29) is 11.7 Å². The van der Waals surface area contributed by atoms with Crippen molar-refractivity contribution < 1.29 is 0 Å². The molecule has 2 heterocycles. The Balaban J connectivity index is 1.84. The molecule has 0 amide bonds. The van der Waals surface area contributed by atoms with Gasteiger partial charge in [-0.1, -0.05) is 18.9 Å². The average Bonchev–Trinajstić information content (AvgIpc) is 3.01. The Bertz CT molecular complexity index is 629. The number of pyridine rings is 1. The summed E-state index contributed by atoms with van der Waals surface area (Å²) in [5, 5.41) is 7.94. The maximum absolute atomic E-state index is 12.2. The molecular weight excluding hydrogens is 310 g/mol. The van der Waals surface area contributed by atoms with Crippen LogP contribution in [0.5, 0.6) is 0 Å². The Labute approximate surface area is 118 Å². The van der Waals surface area contributed by atoms with E-state index in [0.29, 0.717) is 6.54 Å². The number of halogens is 1. The molecule has 1 aliphatic rings. The van der Waals surface area contributed by atoms with Gasteiger partial charge in [-0.25, -0.2) is 9.78 Å². The zero-order valence-corrected chi connectivity index (χ0v) is 12.0. The van der Waals surface area contributed by atoms with E-state index >= 15 is 0 Å². The second kappa shape index (κ2) is 5.24. The van der Waals surface area contributed by atoms with Gasteiger partial charge in [-0.2, -0.15) is 9.36 Å². The maximum Gasteiger partial charge on any atom is 0.364 e. The van der Waals surface area contributed by atoms with Crippen LogP contribution in [-0.2, 0) is 6.54 Å². The number of tetrazole rings is 1. The predicted octanol–water partition coefficient (Wildman–Crippen LogP) is 1.76. The molecule has 100 valence electrons. The van der Waals surface area contributed by atoms with Crippen LogP contribution in [0.25, 0.3) is 0 Å². The highest BCUT2D eigenvalue weighted by Crippen LogP contribution is 2.27. The fourth-order valence-corrected chi connectivity index (χ4v) is 2.84. The quantitative estimate of drug-likeness (QED) is 0.807. The Kier molecular flexibility index (Phi) is 3.46. The molecule has 2 aromatic heterocycles. The van der Waals surface area contributed by atoms with Crippen LogP contribution in [0.2, 0.25) is 0 Å². The molecule has 0 atom stereocenters. The topological polar surface area (TPSA) is 65.6 Å². The third-order valence-corrected chi connectivity index (χ3v) is 3.86. The van der Waals surface area contributed by atoms with Gasteiger partial charge >= 0.3 is 5.69 Å². The van der Waals surface area contributed by atoms with Gasteiger partial charge in [-0.3, -0.25) is 0 Å². The summed E-state index contributed by atoms with van der Waals surface area (Å²) < 4.78 is 3.64. The molecular formula is C12H14BrN5O. The molecule has 0 aliphatic heterocycles. The van der Waals surface area contributed by atoms with E-state index in [9.17, 15) is 4.79 Å². The lowest BCUT2D eigenvalue weighted by Crippen LogP contribution is -2.28. The van der Waals surface area contributed by atoms with Crippen LogP contribution in [0, 0.1) is 0 Å². The van der Waals surface area contributed by atoms with Crippen molar-refractivity contribution >= 4 is 15.9 Å². The van der Waals surface area contributed by atoms with E-state index in [1.807, 2.05) is 18.2 Å². The van der Waals surface area contributed by atoms with Crippen LogP contribution in [0.15, 0.2) is 27.6 Å². The molecule has 3 rings (SSSR count). The zero-order valence-electron chi connectivity index (χ0n) is 10.4. The van der Waals surface area contributed by atoms with Crippen LogP contribution in [-0.4, -0.2) is 24.8 Å². The number of hydrogen-bond acceptors (Lipinski definition) is 4. The molecule has 7 heteroatoms. The van der Waals surface area contributed by atoms with Crippen LogP contribution in [0.4, 0.5) is 0 Å². The normalized spacial score (nSPS) is 16.1. The van der Waals surface area contributed by atoms with Crippen LogP contribution < -0.4 is 5.69 Å². The van der Waals surface area contributed by atoms with Crippen molar-refractivity contribution in [1.29, 1.82) is 0 Å². The van der Waals surface area contributed by atoms with Crippen molar-refractivity contribution in [3.05, 3.63) is 39.0 Å². The summed E-state index contributed by atoms with van der Waals surface area (Å²) in [4.78, 5) is 16.5. The number of rotatable bonds is 3. The van der Waals surface area contributed by atoms with Crippen molar-refractivity contribution in [2.24, 2.45) is 0 Å². The molecule has 6 nitrogen and oxygen atoms in total. The molecule has 19 heavy (non-hydrogen) atoms. The van der Waals surface area contributed by atoms with Crippen molar-refractivity contribution in [2.75, 3.05) is 0 Å². The second-order valence-electron chi connectivity index (χ2n) is 4.75. The van der Waals surface area contributed by atoms with E-state index in [2.05, 4.69) is 31.3 Å². The van der Waals surface area contributed by atoms with Gasteiger partial charge in [0.2, 0.25) is 0 Å². The predicted molar refractivity (Wildman–Crippen MR) is 72.8 cm³/mol. The lowest BCUT2D eigenvalue weighted by atomic mass is 10.3. The third kappa shape index (κ3) is 2.60. The Hall–Kier alpha value is -1.50. The first-order valence-electron chi connectivity index (χ1n) is 6.38. The first-order chi connectivity index (χ1) is 9.24. The van der Waals surface area contributed by atoms with Crippen LogP contribution >= 0.6 is 15.9 Å². The van der Waals surface area contributed by atoms with Crippen LogP contribution in [0.1, 0.15) is 37.4 Å². The molecule has 1 aliphatic carbocycles. The van der Waals surface area contributed by atoms with Crippen molar-refractivity contribution in [3.63, 3.8) is 0 Å². The van der Waals surface area contributed by atoms with Gasteiger partial charge in [-0.05, 0) is 51.3 Å². The minimum absolute atomic E-state index is 0.145. The van der Waals surface area contributed by atoms with Crippen LogP contribution in [0.3, 0.4) is 0 Å². The Morgan fingerprint density at radius 3 is 2.79 bits per heavy atom. The highest BCUT2D eigenvalue weighted by Gasteiger charge is 2.21. The number of hydrogen-bond donors (Lipinski definition) is 0. The standard InChI is InChI=1S/C12H14BrN5O/c13-11-7-3-4-9(14-11)8-17-12(19)18(16-15-17)10-5-1-2-6-10/h3-4,7,10H,1-2,5-6,8H2. The minimum Gasteiger partial charge on any atom is -0.244 e. The molecule has 0 saturated heterocycles. The number of aromatic nitrogens is 5. The summed E-state index contributed by atoms with van der Waals surface area (Å²) in [6.07, 6.45) is 4.37. The van der Waals surface area contributed by atoms with E-state index in [0.717, 1.165) is 36.0 Å². The van der Waals surface area contributed by atoms with Gasteiger partial charge in [0, 0.05) is 0 Å². The SMILES string of the molecule is O=c1n(Cc2cccc(Br)n2)nnn1C1CCCC1. The van der Waals surface area contributed by atoms with E-state index in [1.165, 1.54) is 9.36 Å². The zero-order chi connectivity index (χ0) is 13.2. The highest BCUT2D eigenvalue weighted by atomic mass is 79.9. The molecule has 1 saturated carbocycles. The summed E-state index contributed by atoms with van der Waals surface area (Å²) in [7, 11) is 0. The highest BCUT2D eigenvalue weighted by molar-refractivity contribution is 9.10. The molecule has 2 aromatic rings. The van der Waals surface area contributed by atoms with Gasteiger partial charge in [-0.15, -0.1) is 0 Å². The Morgan fingerprint density at radius 1 is 1.26 bits per heavy atom. The molecule has 0 bridgehead atoms. The molecule has 0 unspecified atom stereocenters. The summed E-state index contributed by atoms with van der Waals surface area (Å²) in [6, 6.07) is 5.82. The maximum atomic E-state index is 12.2. The molecule has 0 spiro atoms. The van der Waals surface area contributed by atoms with Gasteiger partial charge in [0.1, 0.15) is 4.60 Å². The molecule has 0 radical (unpaired) electrons. The van der Waals surface area contributed by atoms with Gasteiger partial charge in [0.05, 0.1) is 18.3 Å². The summed E-state index contributed by atoms with van der Waals surface area (Å²) in [5.41, 5.74) is 0.642. The minimum atomic E-state index is -0.145. The lowest BCUT2D eigenvalue weighted by molar-refractivity contribution is 0.441. The van der Waals surface area contributed by atoms with Crippen molar-refractivity contribution in [1.82, 2.24) is 24.8 Å². The third-order valence-electron chi connectivity index (χ3n) is 3.42. The van der Waals surface area contributed by atoms with Gasteiger partial charge < -0.3 is 0 Å². The first kappa shape index (κ1) is 12.5. The summed E-state index contributed by atoms with van der Waals surface area (Å²) in [6.45, 7) is 0.352. The monoisotopic (exact) mass is 323 g/mol. The van der Waals surface area contributed by atoms with E-state index < -0.39 is 0 Å². The average molecular weight is 324 g/mol. The van der Waals surface area contributed by atoms with Crippen molar-refractivity contribution in [2.45, 2.75) is 38.3 Å². The first-order valence-corrected chi connectivity index (χ1v) is 7.17. The van der Waals surface area contributed by atoms with Gasteiger partial charge in [0.15, 0.2) is 0 Å². The Morgan fingerprint density at radius 2 is 2.05 bits per heavy atom. The number of nitrogens with zero attached hydrogens (tertiary/aromatic N) is 5. The summed E-state index contributed by atoms with van der Waals surface area (Å²) >= 11 is 3.31. The second-order valence-corrected chi connectivity index (χ2v) is 5.57. The van der Waals surface area contributed by atoms with Gasteiger partial charge in [0.25, 0.3) is 0 Å². The largest absolute Gasteiger partial charge is 0.364 e. The van der Waals surface area contributed by atoms with Crippen molar-refractivity contribution in [3.8, 4) is 0 Å². The molecule has 1 fully saturated rings. The molecule has 0 aromatic carbocycles. The lowest BCUT2D eigenvalue weighted by Gasteiger charge is -2.05. The van der Waals surface area contributed by atoms with E-state index in [4.69, 9.17) is 0 Å². The fraction of sp³-hybridized carbons (Fsp3) is 0.500. The van der Waals surface area contributed by atoms with E-state index in [1.54, 1.807) is 0 Å². The fourth-order valence-electron chi connectivity index (χ4n) is 2.46.